The third-order valence-electron chi connectivity index (χ3n) is 6.55. The maximum Gasteiger partial charge on any atom is 0.252 e. The second-order valence-electron chi connectivity index (χ2n) is 9.12. The zero-order chi connectivity index (χ0) is 23.9. The molecule has 2 fully saturated rings. The van der Waals surface area contributed by atoms with E-state index in [0.717, 1.165) is 61.2 Å². The number of benzene rings is 2. The third-order valence-corrected chi connectivity index (χ3v) is 9.03. The summed E-state index contributed by atoms with van der Waals surface area (Å²) in [5, 5.41) is 25.6. The van der Waals surface area contributed by atoms with Crippen molar-refractivity contribution in [3.63, 3.8) is 0 Å². The van der Waals surface area contributed by atoms with E-state index in [1.807, 2.05) is 48.5 Å². The molecule has 0 bridgehead atoms. The lowest BCUT2D eigenvalue weighted by Gasteiger charge is -2.26. The van der Waals surface area contributed by atoms with E-state index in [-0.39, 0.29) is 36.1 Å². The van der Waals surface area contributed by atoms with Crippen LogP contribution in [-0.4, -0.2) is 46.3 Å². The van der Waals surface area contributed by atoms with E-state index in [4.69, 9.17) is 0 Å². The summed E-state index contributed by atoms with van der Waals surface area (Å²) in [6.07, 6.45) is 5.53. The van der Waals surface area contributed by atoms with E-state index in [2.05, 4.69) is 10.6 Å². The summed E-state index contributed by atoms with van der Waals surface area (Å²) in [5.41, 5.74) is 1.24. The molecule has 0 saturated heterocycles. The van der Waals surface area contributed by atoms with Gasteiger partial charge in [0.15, 0.2) is 0 Å². The SMILES string of the molecule is O=C(NC1CCC(O)CC1)c1ccccc1SSc1ccccc1C(=O)NC1CCC(O)CC1. The van der Waals surface area contributed by atoms with Gasteiger partial charge in [-0.2, -0.15) is 0 Å². The van der Waals surface area contributed by atoms with Gasteiger partial charge in [0.05, 0.1) is 23.3 Å². The number of hydrogen-bond donors (Lipinski definition) is 4. The summed E-state index contributed by atoms with van der Waals surface area (Å²) in [7, 11) is 2.94. The summed E-state index contributed by atoms with van der Waals surface area (Å²) in [5.74, 6) is -0.203. The Balaban J connectivity index is 1.39. The fraction of sp³-hybridized carbons (Fsp3) is 0.462. The van der Waals surface area contributed by atoms with Crippen LogP contribution in [0.25, 0.3) is 0 Å². The van der Waals surface area contributed by atoms with Crippen LogP contribution < -0.4 is 10.6 Å². The molecule has 6 nitrogen and oxygen atoms in total. The molecule has 4 rings (SSSR count). The first-order valence-corrected chi connectivity index (χ1v) is 14.1. The Hall–Kier alpha value is -2.00. The van der Waals surface area contributed by atoms with E-state index in [1.54, 1.807) is 0 Å². The zero-order valence-corrected chi connectivity index (χ0v) is 20.7. The maximum atomic E-state index is 13.0. The number of aliphatic hydroxyl groups excluding tert-OH is 2. The molecule has 0 unspecified atom stereocenters. The van der Waals surface area contributed by atoms with Gasteiger partial charge < -0.3 is 20.8 Å². The highest BCUT2D eigenvalue weighted by molar-refractivity contribution is 8.76. The second-order valence-corrected chi connectivity index (χ2v) is 11.3. The molecule has 2 aliphatic carbocycles. The molecular weight excluding hydrogens is 468 g/mol. The lowest BCUT2D eigenvalue weighted by atomic mass is 9.93. The van der Waals surface area contributed by atoms with Gasteiger partial charge in [-0.3, -0.25) is 9.59 Å². The van der Waals surface area contributed by atoms with Gasteiger partial charge in [-0.05, 0) is 75.6 Å². The molecule has 0 atom stereocenters. The van der Waals surface area contributed by atoms with Crippen LogP contribution in [0.15, 0.2) is 58.3 Å². The van der Waals surface area contributed by atoms with Crippen LogP contribution in [0.2, 0.25) is 0 Å². The van der Waals surface area contributed by atoms with Gasteiger partial charge in [0.2, 0.25) is 0 Å². The molecule has 8 heteroatoms. The Morgan fingerprint density at radius 2 is 0.971 bits per heavy atom. The van der Waals surface area contributed by atoms with E-state index in [9.17, 15) is 19.8 Å². The predicted molar refractivity (Wildman–Crippen MR) is 136 cm³/mol. The molecule has 182 valence electrons. The van der Waals surface area contributed by atoms with Crippen molar-refractivity contribution in [1.29, 1.82) is 0 Å². The first kappa shape index (κ1) is 25.1. The Morgan fingerprint density at radius 3 is 1.35 bits per heavy atom. The number of amides is 2. The van der Waals surface area contributed by atoms with Crippen LogP contribution in [0.3, 0.4) is 0 Å². The zero-order valence-electron chi connectivity index (χ0n) is 19.1. The molecule has 4 N–H and O–H groups in total. The number of hydrogen-bond acceptors (Lipinski definition) is 6. The minimum absolute atomic E-state index is 0.0898. The van der Waals surface area contributed by atoms with Crippen LogP contribution in [0.5, 0.6) is 0 Å². The lowest BCUT2D eigenvalue weighted by Crippen LogP contribution is -2.38. The van der Waals surface area contributed by atoms with Crippen molar-refractivity contribution >= 4 is 33.4 Å². The molecule has 0 aliphatic heterocycles. The second kappa shape index (κ2) is 12.1. The minimum Gasteiger partial charge on any atom is -0.393 e. The van der Waals surface area contributed by atoms with Gasteiger partial charge >= 0.3 is 0 Å². The number of rotatable bonds is 7. The summed E-state index contributed by atoms with van der Waals surface area (Å²) < 4.78 is 0. The first-order valence-electron chi connectivity index (χ1n) is 12.0. The molecule has 0 heterocycles. The van der Waals surface area contributed by atoms with Gasteiger partial charge in [-0.1, -0.05) is 45.9 Å². The molecule has 0 aromatic heterocycles. The van der Waals surface area contributed by atoms with Crippen LogP contribution in [0.4, 0.5) is 0 Å². The Kier molecular flexibility index (Phi) is 8.94. The molecule has 2 saturated carbocycles. The Bertz CT molecular complexity index is 907. The molecular formula is C26H32N2O4S2. The van der Waals surface area contributed by atoms with E-state index >= 15 is 0 Å². The van der Waals surface area contributed by atoms with Crippen LogP contribution in [-0.2, 0) is 0 Å². The first-order chi connectivity index (χ1) is 16.5. The smallest absolute Gasteiger partial charge is 0.252 e. The number of nitrogens with one attached hydrogen (secondary N) is 2. The average molecular weight is 501 g/mol. The molecule has 0 radical (unpaired) electrons. The van der Waals surface area contributed by atoms with Crippen LogP contribution in [0, 0.1) is 0 Å². The van der Waals surface area contributed by atoms with Gasteiger partial charge in [-0.25, -0.2) is 0 Å². The summed E-state index contributed by atoms with van der Waals surface area (Å²) in [4.78, 5) is 27.6. The quantitative estimate of drug-likeness (QED) is 0.416. The van der Waals surface area contributed by atoms with E-state index in [0.29, 0.717) is 11.1 Å². The molecule has 34 heavy (non-hydrogen) atoms. The van der Waals surface area contributed by atoms with E-state index < -0.39 is 0 Å². The minimum atomic E-state index is -0.255. The van der Waals surface area contributed by atoms with Crippen molar-refractivity contribution in [2.45, 2.75) is 85.4 Å². The average Bonchev–Trinajstić information content (AvgIpc) is 2.86. The fourth-order valence-corrected chi connectivity index (χ4v) is 6.87. The molecule has 2 aromatic rings. The van der Waals surface area contributed by atoms with Crippen molar-refractivity contribution < 1.29 is 19.8 Å². The third kappa shape index (κ3) is 6.78. The molecule has 2 aromatic carbocycles. The van der Waals surface area contributed by atoms with Gasteiger partial charge in [-0.15, -0.1) is 0 Å². The molecule has 2 amide bonds. The highest BCUT2D eigenvalue weighted by Gasteiger charge is 2.24. The largest absolute Gasteiger partial charge is 0.393 e. The number of carbonyl (C=O) groups excluding carboxylic acids is 2. The van der Waals surface area contributed by atoms with Gasteiger partial charge in [0.1, 0.15) is 0 Å². The standard InChI is InChI=1S/C26H32N2O4S2/c29-19-13-9-17(10-14-19)27-25(31)21-5-1-3-7-23(21)33-34-24-8-4-2-6-22(24)26(32)28-18-11-15-20(30)16-12-18/h1-8,17-20,29-30H,9-16H2,(H,27,31)(H,28,32). The summed E-state index contributed by atoms with van der Waals surface area (Å²) >= 11 is 0. The Morgan fingerprint density at radius 1 is 0.618 bits per heavy atom. The fourth-order valence-electron chi connectivity index (χ4n) is 4.51. The monoisotopic (exact) mass is 500 g/mol. The molecule has 0 spiro atoms. The number of aliphatic hydroxyl groups is 2. The van der Waals surface area contributed by atoms with Crippen molar-refractivity contribution in [3.8, 4) is 0 Å². The normalized spacial score (nSPS) is 24.9. The molecule has 2 aliphatic rings. The van der Waals surface area contributed by atoms with Crippen LogP contribution in [0.1, 0.15) is 72.1 Å². The van der Waals surface area contributed by atoms with Gasteiger partial charge in [0, 0.05) is 21.9 Å². The Labute approximate surface area is 208 Å². The topological polar surface area (TPSA) is 98.7 Å². The highest BCUT2D eigenvalue weighted by atomic mass is 33.1. The van der Waals surface area contributed by atoms with Crippen molar-refractivity contribution in [3.05, 3.63) is 59.7 Å². The van der Waals surface area contributed by atoms with Crippen LogP contribution >= 0.6 is 21.6 Å². The lowest BCUT2D eigenvalue weighted by molar-refractivity contribution is 0.0861. The summed E-state index contributed by atoms with van der Waals surface area (Å²) in [6, 6.07) is 15.2. The van der Waals surface area contributed by atoms with Crippen molar-refractivity contribution in [2.24, 2.45) is 0 Å². The van der Waals surface area contributed by atoms with Gasteiger partial charge in [0.25, 0.3) is 11.8 Å². The highest BCUT2D eigenvalue weighted by Crippen LogP contribution is 2.40. The van der Waals surface area contributed by atoms with Crippen molar-refractivity contribution in [1.82, 2.24) is 10.6 Å². The summed E-state index contributed by atoms with van der Waals surface area (Å²) in [6.45, 7) is 0. The number of carbonyl (C=O) groups is 2. The van der Waals surface area contributed by atoms with Crippen molar-refractivity contribution in [2.75, 3.05) is 0 Å². The predicted octanol–water partition coefficient (Wildman–Crippen LogP) is 4.55. The van der Waals surface area contributed by atoms with E-state index in [1.165, 1.54) is 21.6 Å². The maximum absolute atomic E-state index is 13.0.